The number of pyridine rings is 1. The summed E-state index contributed by atoms with van der Waals surface area (Å²) in [4.78, 5) is 5.39. The molecule has 16 heavy (non-hydrogen) atoms. The minimum atomic E-state index is -0.437. The molecule has 0 saturated carbocycles. The first-order valence-electron chi connectivity index (χ1n) is 5.53. The normalized spacial score (nSPS) is 12.7. The van der Waals surface area contributed by atoms with Gasteiger partial charge in [-0.2, -0.15) is 0 Å². The zero-order valence-electron chi connectivity index (χ0n) is 9.85. The highest BCUT2D eigenvalue weighted by Crippen LogP contribution is 2.20. The van der Waals surface area contributed by atoms with Gasteiger partial charge in [-0.25, -0.2) is 0 Å². The van der Waals surface area contributed by atoms with Crippen LogP contribution in [0, 0.1) is 0 Å². The number of thioether (sulfide) groups is 1. The van der Waals surface area contributed by atoms with Gasteiger partial charge in [0.1, 0.15) is 0 Å². The van der Waals surface area contributed by atoms with Crippen LogP contribution < -0.4 is 0 Å². The Labute approximate surface area is 101 Å². The van der Waals surface area contributed by atoms with Crippen molar-refractivity contribution in [2.75, 3.05) is 19.5 Å². The molecule has 3 nitrogen and oxygen atoms in total. The standard InChI is InChI=1S/C12H19NO2S/c1-3-12(14)11-6-5-10(9-13-11)16-8-4-7-15-2/h5-6,9,12,14H,3-4,7-8H2,1-2H3. The average Bonchev–Trinajstić information content (AvgIpc) is 2.34. The summed E-state index contributed by atoms with van der Waals surface area (Å²) in [7, 11) is 1.72. The second-order valence-electron chi connectivity index (χ2n) is 3.54. The molecule has 1 N–H and O–H groups in total. The Morgan fingerprint density at radius 3 is 2.88 bits per heavy atom. The van der Waals surface area contributed by atoms with E-state index in [2.05, 4.69) is 4.98 Å². The summed E-state index contributed by atoms with van der Waals surface area (Å²) >= 11 is 1.76. The van der Waals surface area contributed by atoms with Gasteiger partial charge in [-0.15, -0.1) is 11.8 Å². The number of aliphatic hydroxyl groups is 1. The van der Waals surface area contributed by atoms with Crippen LogP contribution in [0.4, 0.5) is 0 Å². The molecule has 0 saturated heterocycles. The van der Waals surface area contributed by atoms with Crippen LogP contribution in [0.25, 0.3) is 0 Å². The maximum Gasteiger partial charge on any atom is 0.0957 e. The lowest BCUT2D eigenvalue weighted by Gasteiger charge is -2.07. The van der Waals surface area contributed by atoms with Crippen molar-refractivity contribution in [3.8, 4) is 0 Å². The van der Waals surface area contributed by atoms with E-state index in [1.807, 2.05) is 25.3 Å². The summed E-state index contributed by atoms with van der Waals surface area (Å²) in [5.74, 6) is 1.03. The molecule has 0 radical (unpaired) electrons. The smallest absolute Gasteiger partial charge is 0.0957 e. The van der Waals surface area contributed by atoms with Gasteiger partial charge in [0.2, 0.25) is 0 Å². The van der Waals surface area contributed by atoms with Crippen molar-refractivity contribution in [3.63, 3.8) is 0 Å². The van der Waals surface area contributed by atoms with Crippen LogP contribution >= 0.6 is 11.8 Å². The molecule has 1 heterocycles. The lowest BCUT2D eigenvalue weighted by molar-refractivity contribution is 0.169. The van der Waals surface area contributed by atoms with E-state index in [1.165, 1.54) is 0 Å². The molecular weight excluding hydrogens is 222 g/mol. The van der Waals surface area contributed by atoms with E-state index in [4.69, 9.17) is 4.74 Å². The number of aromatic nitrogens is 1. The first kappa shape index (κ1) is 13.5. The molecule has 0 spiro atoms. The van der Waals surface area contributed by atoms with Gasteiger partial charge >= 0.3 is 0 Å². The SMILES string of the molecule is CCC(O)c1ccc(SCCCOC)cn1. The zero-order chi connectivity index (χ0) is 11.8. The van der Waals surface area contributed by atoms with Crippen LogP contribution in [0.1, 0.15) is 31.6 Å². The van der Waals surface area contributed by atoms with Crippen LogP contribution in [-0.2, 0) is 4.74 Å². The first-order valence-corrected chi connectivity index (χ1v) is 6.52. The second kappa shape index (κ2) is 7.65. The highest BCUT2D eigenvalue weighted by atomic mass is 32.2. The maximum atomic E-state index is 9.58. The van der Waals surface area contributed by atoms with E-state index in [1.54, 1.807) is 18.9 Å². The third-order valence-corrected chi connectivity index (χ3v) is 3.32. The number of hydrogen-bond acceptors (Lipinski definition) is 4. The molecule has 1 unspecified atom stereocenters. The van der Waals surface area contributed by atoms with Gasteiger partial charge in [0.25, 0.3) is 0 Å². The fourth-order valence-electron chi connectivity index (χ4n) is 1.28. The Balaban J connectivity index is 2.39. The minimum absolute atomic E-state index is 0.437. The molecule has 0 bridgehead atoms. The molecule has 1 rings (SSSR count). The summed E-state index contributed by atoms with van der Waals surface area (Å²) in [5, 5.41) is 9.58. The van der Waals surface area contributed by atoms with Crippen molar-refractivity contribution in [2.45, 2.75) is 30.8 Å². The van der Waals surface area contributed by atoms with E-state index in [-0.39, 0.29) is 0 Å². The molecule has 1 aromatic rings. The Hall–Kier alpha value is -0.580. The molecule has 0 fully saturated rings. The van der Waals surface area contributed by atoms with Crippen LogP contribution in [-0.4, -0.2) is 29.6 Å². The number of hydrogen-bond donors (Lipinski definition) is 1. The number of nitrogens with zero attached hydrogens (tertiary/aromatic N) is 1. The Morgan fingerprint density at radius 2 is 2.31 bits per heavy atom. The van der Waals surface area contributed by atoms with E-state index < -0.39 is 6.10 Å². The van der Waals surface area contributed by atoms with E-state index >= 15 is 0 Å². The highest BCUT2D eigenvalue weighted by Gasteiger charge is 2.05. The molecule has 1 aromatic heterocycles. The predicted molar refractivity (Wildman–Crippen MR) is 66.7 cm³/mol. The van der Waals surface area contributed by atoms with Crippen molar-refractivity contribution in [2.24, 2.45) is 0 Å². The van der Waals surface area contributed by atoms with Crippen molar-refractivity contribution in [3.05, 3.63) is 24.0 Å². The number of ether oxygens (including phenoxy) is 1. The molecule has 90 valence electrons. The van der Waals surface area contributed by atoms with E-state index in [0.717, 1.165) is 29.4 Å². The van der Waals surface area contributed by atoms with Crippen molar-refractivity contribution >= 4 is 11.8 Å². The fraction of sp³-hybridized carbons (Fsp3) is 0.583. The van der Waals surface area contributed by atoms with Gasteiger partial charge in [-0.3, -0.25) is 4.98 Å². The third kappa shape index (κ3) is 4.51. The molecule has 1 atom stereocenters. The van der Waals surface area contributed by atoms with Crippen LogP contribution in [0.2, 0.25) is 0 Å². The summed E-state index contributed by atoms with van der Waals surface area (Å²) in [6.07, 6.45) is 3.13. The highest BCUT2D eigenvalue weighted by molar-refractivity contribution is 7.99. The lowest BCUT2D eigenvalue weighted by atomic mass is 10.2. The predicted octanol–water partition coefficient (Wildman–Crippen LogP) is 2.65. The fourth-order valence-corrected chi connectivity index (χ4v) is 2.07. The monoisotopic (exact) mass is 241 g/mol. The number of methoxy groups -OCH3 is 1. The second-order valence-corrected chi connectivity index (χ2v) is 4.71. The van der Waals surface area contributed by atoms with Gasteiger partial charge in [-0.1, -0.05) is 6.92 Å². The summed E-state index contributed by atoms with van der Waals surface area (Å²) in [5.41, 5.74) is 0.753. The number of rotatable bonds is 7. The molecule has 0 amide bonds. The van der Waals surface area contributed by atoms with Gasteiger partial charge in [-0.05, 0) is 25.0 Å². The van der Waals surface area contributed by atoms with Crippen LogP contribution in [0.3, 0.4) is 0 Å². The summed E-state index contributed by atoms with van der Waals surface area (Å²) in [6, 6.07) is 3.91. The quantitative estimate of drug-likeness (QED) is 0.588. The van der Waals surface area contributed by atoms with Crippen molar-refractivity contribution in [1.29, 1.82) is 0 Å². The van der Waals surface area contributed by atoms with Crippen molar-refractivity contribution in [1.82, 2.24) is 4.98 Å². The molecule has 0 aromatic carbocycles. The number of aliphatic hydroxyl groups excluding tert-OH is 1. The lowest BCUT2D eigenvalue weighted by Crippen LogP contribution is -1.98. The molecular formula is C12H19NO2S. The summed E-state index contributed by atoms with van der Waals surface area (Å²) < 4.78 is 4.98. The zero-order valence-corrected chi connectivity index (χ0v) is 10.7. The van der Waals surface area contributed by atoms with Gasteiger partial charge in [0.05, 0.1) is 11.8 Å². The molecule has 0 aliphatic rings. The summed E-state index contributed by atoms with van der Waals surface area (Å²) in [6.45, 7) is 2.74. The maximum absolute atomic E-state index is 9.58. The van der Waals surface area contributed by atoms with Crippen molar-refractivity contribution < 1.29 is 9.84 Å². The third-order valence-electron chi connectivity index (χ3n) is 2.25. The molecule has 4 heteroatoms. The van der Waals surface area contributed by atoms with E-state index in [9.17, 15) is 5.11 Å². The van der Waals surface area contributed by atoms with Gasteiger partial charge in [0, 0.05) is 30.6 Å². The molecule has 0 aliphatic heterocycles. The average molecular weight is 241 g/mol. The van der Waals surface area contributed by atoms with Crippen LogP contribution in [0.15, 0.2) is 23.2 Å². The largest absolute Gasteiger partial charge is 0.387 e. The Kier molecular flexibility index (Phi) is 6.45. The van der Waals surface area contributed by atoms with Gasteiger partial charge < -0.3 is 9.84 Å². The van der Waals surface area contributed by atoms with Gasteiger partial charge in [0.15, 0.2) is 0 Å². The molecule has 0 aliphatic carbocycles. The first-order chi connectivity index (χ1) is 7.77. The Morgan fingerprint density at radius 1 is 1.50 bits per heavy atom. The topological polar surface area (TPSA) is 42.4 Å². The Bertz CT molecular complexity index is 290. The van der Waals surface area contributed by atoms with Crippen LogP contribution in [0.5, 0.6) is 0 Å². The minimum Gasteiger partial charge on any atom is -0.387 e. The van der Waals surface area contributed by atoms with E-state index in [0.29, 0.717) is 6.42 Å².